The lowest BCUT2D eigenvalue weighted by atomic mass is 10.2. The molecule has 2 heteroatoms. The number of hydrogen-bond acceptors (Lipinski definition) is 2. The SMILES string of the molecule is N=C1C=CCC=CC1=N. The molecule has 0 fully saturated rings. The van der Waals surface area contributed by atoms with E-state index in [1.54, 1.807) is 12.2 Å². The molecule has 1 rings (SSSR count). The molecule has 0 saturated carbocycles. The van der Waals surface area contributed by atoms with Crippen LogP contribution in [-0.4, -0.2) is 11.4 Å². The van der Waals surface area contributed by atoms with Crippen molar-refractivity contribution in [2.75, 3.05) is 0 Å². The summed E-state index contributed by atoms with van der Waals surface area (Å²) < 4.78 is 0. The molecule has 2 N–H and O–H groups in total. The minimum atomic E-state index is 0.295. The van der Waals surface area contributed by atoms with Crippen molar-refractivity contribution < 1.29 is 0 Å². The fourth-order valence-corrected chi connectivity index (χ4v) is 0.630. The van der Waals surface area contributed by atoms with Crippen molar-refractivity contribution in [1.29, 1.82) is 10.8 Å². The molecule has 0 atom stereocenters. The quantitative estimate of drug-likeness (QED) is 0.487. The predicted octanol–water partition coefficient (Wildman–Crippen LogP) is 1.54. The summed E-state index contributed by atoms with van der Waals surface area (Å²) in [5.74, 6) is 0. The number of nitrogens with one attached hydrogen (secondary N) is 2. The van der Waals surface area contributed by atoms with E-state index in [0.29, 0.717) is 11.4 Å². The van der Waals surface area contributed by atoms with Crippen LogP contribution in [0, 0.1) is 10.8 Å². The van der Waals surface area contributed by atoms with Crippen LogP contribution >= 0.6 is 0 Å². The average molecular weight is 120 g/mol. The van der Waals surface area contributed by atoms with E-state index in [1.165, 1.54) is 0 Å². The zero-order valence-electron chi connectivity index (χ0n) is 5.02. The molecule has 46 valence electrons. The molecule has 0 amide bonds. The van der Waals surface area contributed by atoms with Crippen molar-refractivity contribution in [3.8, 4) is 0 Å². The smallest absolute Gasteiger partial charge is 0.0786 e. The second-order valence-corrected chi connectivity index (χ2v) is 1.87. The lowest BCUT2D eigenvalue weighted by Gasteiger charge is -1.88. The van der Waals surface area contributed by atoms with E-state index in [1.807, 2.05) is 12.2 Å². The van der Waals surface area contributed by atoms with Gasteiger partial charge in [-0.15, -0.1) is 0 Å². The summed E-state index contributed by atoms with van der Waals surface area (Å²) in [6.45, 7) is 0. The Balaban J connectivity index is 2.86. The van der Waals surface area contributed by atoms with Gasteiger partial charge < -0.3 is 0 Å². The summed E-state index contributed by atoms with van der Waals surface area (Å²) in [4.78, 5) is 0. The second-order valence-electron chi connectivity index (χ2n) is 1.87. The zero-order chi connectivity index (χ0) is 6.69. The summed E-state index contributed by atoms with van der Waals surface area (Å²) in [7, 11) is 0. The van der Waals surface area contributed by atoms with Gasteiger partial charge in [0, 0.05) is 0 Å². The predicted molar refractivity (Wildman–Crippen MR) is 38.4 cm³/mol. The molecule has 0 aromatic heterocycles. The Kier molecular flexibility index (Phi) is 1.58. The molecular weight excluding hydrogens is 112 g/mol. The Morgan fingerprint density at radius 1 is 1.00 bits per heavy atom. The highest BCUT2D eigenvalue weighted by molar-refractivity contribution is 6.48. The maximum atomic E-state index is 7.17. The molecule has 1 aliphatic carbocycles. The van der Waals surface area contributed by atoms with Gasteiger partial charge in [-0.05, 0) is 18.6 Å². The van der Waals surface area contributed by atoms with E-state index < -0.39 is 0 Å². The van der Waals surface area contributed by atoms with E-state index in [-0.39, 0.29) is 0 Å². The normalized spacial score (nSPS) is 18.2. The summed E-state index contributed by atoms with van der Waals surface area (Å²) in [6, 6.07) is 0. The van der Waals surface area contributed by atoms with Crippen molar-refractivity contribution >= 4 is 11.4 Å². The van der Waals surface area contributed by atoms with Gasteiger partial charge in [0.05, 0.1) is 11.4 Å². The lowest BCUT2D eigenvalue weighted by Crippen LogP contribution is -2.03. The van der Waals surface area contributed by atoms with Crippen LogP contribution in [0.1, 0.15) is 6.42 Å². The maximum Gasteiger partial charge on any atom is 0.0786 e. The van der Waals surface area contributed by atoms with Gasteiger partial charge in [-0.3, -0.25) is 10.8 Å². The molecule has 9 heavy (non-hydrogen) atoms. The van der Waals surface area contributed by atoms with Gasteiger partial charge in [0.2, 0.25) is 0 Å². The van der Waals surface area contributed by atoms with E-state index in [0.717, 1.165) is 6.42 Å². The summed E-state index contributed by atoms with van der Waals surface area (Å²) in [5, 5.41) is 14.3. The Morgan fingerprint density at radius 3 is 1.89 bits per heavy atom. The van der Waals surface area contributed by atoms with Crippen molar-refractivity contribution in [2.45, 2.75) is 6.42 Å². The molecule has 0 radical (unpaired) electrons. The first-order valence-corrected chi connectivity index (χ1v) is 2.81. The standard InChI is InChI=1S/C7H8N2/c8-6-4-2-1-3-5-7(6)9/h2-5,8-9H,1H2. The van der Waals surface area contributed by atoms with Crippen molar-refractivity contribution in [3.63, 3.8) is 0 Å². The molecule has 1 aliphatic rings. The van der Waals surface area contributed by atoms with Gasteiger partial charge in [-0.25, -0.2) is 0 Å². The molecule has 0 bridgehead atoms. The number of rotatable bonds is 0. The summed E-state index contributed by atoms with van der Waals surface area (Å²) >= 11 is 0. The molecule has 0 aromatic rings. The Bertz CT molecular complexity index is 177. The van der Waals surface area contributed by atoms with Gasteiger partial charge in [0.25, 0.3) is 0 Å². The monoisotopic (exact) mass is 120 g/mol. The largest absolute Gasteiger partial charge is 0.299 e. The van der Waals surface area contributed by atoms with Crippen LogP contribution in [0.4, 0.5) is 0 Å². The Labute approximate surface area is 53.9 Å². The second kappa shape index (κ2) is 2.40. The van der Waals surface area contributed by atoms with Gasteiger partial charge in [-0.2, -0.15) is 0 Å². The molecule has 0 spiro atoms. The van der Waals surface area contributed by atoms with Crippen LogP contribution in [0.2, 0.25) is 0 Å². The number of allylic oxidation sites excluding steroid dienone is 4. The third-order valence-electron chi connectivity index (χ3n) is 1.13. The molecule has 2 nitrogen and oxygen atoms in total. The molecule has 0 saturated heterocycles. The third-order valence-corrected chi connectivity index (χ3v) is 1.13. The van der Waals surface area contributed by atoms with Gasteiger partial charge in [0.1, 0.15) is 0 Å². The van der Waals surface area contributed by atoms with Crippen molar-refractivity contribution in [3.05, 3.63) is 24.3 Å². The van der Waals surface area contributed by atoms with E-state index in [9.17, 15) is 0 Å². The van der Waals surface area contributed by atoms with Crippen LogP contribution in [0.25, 0.3) is 0 Å². The Hall–Kier alpha value is -1.18. The molecule has 0 unspecified atom stereocenters. The first-order valence-electron chi connectivity index (χ1n) is 2.81. The average Bonchev–Trinajstić information content (AvgIpc) is 1.99. The zero-order valence-corrected chi connectivity index (χ0v) is 5.02. The molecule has 0 heterocycles. The minimum Gasteiger partial charge on any atom is -0.299 e. The Morgan fingerprint density at radius 2 is 1.44 bits per heavy atom. The van der Waals surface area contributed by atoms with Crippen molar-refractivity contribution in [2.24, 2.45) is 0 Å². The first-order chi connectivity index (χ1) is 4.30. The fraction of sp³-hybridized carbons (Fsp3) is 0.143. The van der Waals surface area contributed by atoms with Crippen LogP contribution in [-0.2, 0) is 0 Å². The number of hydrogen-bond donors (Lipinski definition) is 2. The summed E-state index contributed by atoms with van der Waals surface area (Å²) in [5.41, 5.74) is 0.590. The highest BCUT2D eigenvalue weighted by Gasteiger charge is 1.97. The molecule has 0 aliphatic heterocycles. The fourth-order valence-electron chi connectivity index (χ4n) is 0.630. The van der Waals surface area contributed by atoms with Gasteiger partial charge in [-0.1, -0.05) is 12.2 Å². The van der Waals surface area contributed by atoms with Gasteiger partial charge >= 0.3 is 0 Å². The van der Waals surface area contributed by atoms with Crippen LogP contribution in [0.5, 0.6) is 0 Å². The first kappa shape index (κ1) is 5.95. The highest BCUT2D eigenvalue weighted by Crippen LogP contribution is 1.95. The van der Waals surface area contributed by atoms with Crippen molar-refractivity contribution in [1.82, 2.24) is 0 Å². The minimum absolute atomic E-state index is 0.295. The topological polar surface area (TPSA) is 47.7 Å². The maximum absolute atomic E-state index is 7.17. The van der Waals surface area contributed by atoms with E-state index in [4.69, 9.17) is 10.8 Å². The molecule has 0 aromatic carbocycles. The van der Waals surface area contributed by atoms with Crippen LogP contribution in [0.3, 0.4) is 0 Å². The lowest BCUT2D eigenvalue weighted by molar-refractivity contribution is 1.41. The van der Waals surface area contributed by atoms with Gasteiger partial charge in [0.15, 0.2) is 0 Å². The van der Waals surface area contributed by atoms with E-state index in [2.05, 4.69) is 0 Å². The van der Waals surface area contributed by atoms with Crippen LogP contribution < -0.4 is 0 Å². The third kappa shape index (κ3) is 1.35. The van der Waals surface area contributed by atoms with E-state index >= 15 is 0 Å². The molecular formula is C7H8N2. The van der Waals surface area contributed by atoms with Crippen LogP contribution in [0.15, 0.2) is 24.3 Å². The summed E-state index contributed by atoms with van der Waals surface area (Å²) in [6.07, 6.45) is 7.90. The highest BCUT2D eigenvalue weighted by atomic mass is 14.5.